The van der Waals surface area contributed by atoms with Crippen LogP contribution in [0.2, 0.25) is 0 Å². The van der Waals surface area contributed by atoms with Crippen molar-refractivity contribution in [2.24, 2.45) is 0 Å². The van der Waals surface area contributed by atoms with E-state index in [0.29, 0.717) is 0 Å². The van der Waals surface area contributed by atoms with Gasteiger partial charge < -0.3 is 10.2 Å². The smallest absolute Gasteiger partial charge is 0.145 e. The van der Waals surface area contributed by atoms with E-state index in [4.69, 9.17) is 9.97 Å². The maximum atomic E-state index is 4.94. The van der Waals surface area contributed by atoms with Crippen LogP contribution in [-0.2, 0) is 13.1 Å². The lowest BCUT2D eigenvalue weighted by molar-refractivity contribution is 0.121. The van der Waals surface area contributed by atoms with Crippen molar-refractivity contribution in [3.05, 3.63) is 64.6 Å². The van der Waals surface area contributed by atoms with Crippen LogP contribution in [0.4, 0.5) is 5.82 Å². The Hall–Kier alpha value is -2.36. The summed E-state index contributed by atoms with van der Waals surface area (Å²) in [5.74, 6) is 1.87. The minimum absolute atomic E-state index is 0.798. The van der Waals surface area contributed by atoms with Crippen molar-refractivity contribution in [1.82, 2.24) is 24.7 Å². The highest BCUT2D eigenvalue weighted by atomic mass is 32.1. The van der Waals surface area contributed by atoms with E-state index in [1.807, 2.05) is 22.7 Å². The Balaban J connectivity index is 1.17. The van der Waals surface area contributed by atoms with Crippen LogP contribution in [0.15, 0.2) is 53.9 Å². The Morgan fingerprint density at radius 2 is 1.69 bits per heavy atom. The Bertz CT molecular complexity index is 1210. The quantitative estimate of drug-likeness (QED) is 0.302. The number of nitrogens with one attached hydrogen (secondary N) is 1. The number of aromatic nitrogens is 2. The molecule has 4 aromatic rings. The number of fused-ring (bicyclic) bond motifs is 1. The summed E-state index contributed by atoms with van der Waals surface area (Å²) in [6.07, 6.45) is 1.09. The fourth-order valence-electron chi connectivity index (χ4n) is 4.47. The third-order valence-electron chi connectivity index (χ3n) is 6.36. The van der Waals surface area contributed by atoms with Gasteiger partial charge in [0.15, 0.2) is 0 Å². The number of benzene rings is 1. The summed E-state index contributed by atoms with van der Waals surface area (Å²) in [6.45, 7) is 8.06. The van der Waals surface area contributed by atoms with Gasteiger partial charge in [-0.1, -0.05) is 18.2 Å². The lowest BCUT2D eigenvalue weighted by Gasteiger charge is -2.34. The summed E-state index contributed by atoms with van der Waals surface area (Å²) in [4.78, 5) is 21.3. The number of nitrogens with zero attached hydrogens (tertiary/aromatic N) is 5. The molecule has 5 rings (SSSR count). The third kappa shape index (κ3) is 6.45. The van der Waals surface area contributed by atoms with Gasteiger partial charge in [-0.2, -0.15) is 0 Å². The van der Waals surface area contributed by atoms with Gasteiger partial charge in [-0.3, -0.25) is 9.80 Å². The fourth-order valence-corrected chi connectivity index (χ4v) is 6.36. The normalized spacial score (nSPS) is 15.3. The van der Waals surface area contributed by atoms with Crippen molar-refractivity contribution >= 4 is 39.4 Å². The van der Waals surface area contributed by atoms with E-state index in [1.54, 1.807) is 0 Å². The van der Waals surface area contributed by atoms with Crippen LogP contribution < -0.4 is 5.32 Å². The first kappa shape index (κ1) is 24.3. The molecule has 184 valence electrons. The molecule has 1 N–H and O–H groups in total. The highest BCUT2D eigenvalue weighted by Crippen LogP contribution is 2.32. The number of anilines is 1. The molecule has 0 atom stereocenters. The number of hydrogen-bond acceptors (Lipinski definition) is 8. The van der Waals surface area contributed by atoms with Crippen molar-refractivity contribution in [2.45, 2.75) is 19.5 Å². The van der Waals surface area contributed by atoms with E-state index in [9.17, 15) is 0 Å². The first-order valence-electron chi connectivity index (χ1n) is 12.4. The first-order valence-corrected chi connectivity index (χ1v) is 14.1. The average Bonchev–Trinajstić information content (AvgIpc) is 3.55. The Morgan fingerprint density at radius 3 is 2.46 bits per heavy atom. The molecule has 0 bridgehead atoms. The number of rotatable bonds is 10. The van der Waals surface area contributed by atoms with Gasteiger partial charge in [-0.15, -0.1) is 22.7 Å². The van der Waals surface area contributed by atoms with Gasteiger partial charge in [0.2, 0.25) is 0 Å². The van der Waals surface area contributed by atoms with Crippen molar-refractivity contribution < 1.29 is 0 Å². The predicted molar refractivity (Wildman–Crippen MR) is 149 cm³/mol. The Morgan fingerprint density at radius 1 is 0.886 bits per heavy atom. The van der Waals surface area contributed by atoms with Crippen LogP contribution in [-0.4, -0.2) is 78.0 Å². The van der Waals surface area contributed by atoms with E-state index >= 15 is 0 Å². The van der Waals surface area contributed by atoms with Gasteiger partial charge in [-0.25, -0.2) is 9.97 Å². The fraction of sp³-hybridized carbons (Fsp3) is 0.407. The minimum Gasteiger partial charge on any atom is -0.369 e. The second kappa shape index (κ2) is 11.6. The Kier molecular flexibility index (Phi) is 8.06. The molecule has 1 saturated heterocycles. The number of thiophene rings is 2. The largest absolute Gasteiger partial charge is 0.369 e. The van der Waals surface area contributed by atoms with Gasteiger partial charge in [0.1, 0.15) is 11.6 Å². The molecule has 0 saturated carbocycles. The van der Waals surface area contributed by atoms with Gasteiger partial charge in [0.05, 0.1) is 12.1 Å². The van der Waals surface area contributed by atoms with Crippen LogP contribution in [0.1, 0.15) is 17.1 Å². The summed E-state index contributed by atoms with van der Waals surface area (Å²) >= 11 is 3.74. The van der Waals surface area contributed by atoms with Crippen LogP contribution in [0.3, 0.4) is 0 Å². The van der Waals surface area contributed by atoms with Crippen molar-refractivity contribution in [1.29, 1.82) is 0 Å². The SMILES string of the molecule is CN(C)CCCNc1nc(CN2CCN(Cc3ccc(-c4cccs4)s3)CC2)nc2ccccc12. The molecule has 0 radical (unpaired) electrons. The molecule has 1 aliphatic rings. The number of para-hydroxylation sites is 1. The predicted octanol–water partition coefficient (Wildman–Crippen LogP) is 5.10. The summed E-state index contributed by atoms with van der Waals surface area (Å²) in [5.41, 5.74) is 1.02. The van der Waals surface area contributed by atoms with E-state index in [0.717, 1.165) is 81.3 Å². The highest BCUT2D eigenvalue weighted by Gasteiger charge is 2.19. The van der Waals surface area contributed by atoms with Crippen molar-refractivity contribution in [3.63, 3.8) is 0 Å². The zero-order chi connectivity index (χ0) is 24.0. The van der Waals surface area contributed by atoms with Crippen LogP contribution in [0.25, 0.3) is 20.7 Å². The van der Waals surface area contributed by atoms with E-state index < -0.39 is 0 Å². The van der Waals surface area contributed by atoms with Gasteiger partial charge in [0, 0.05) is 59.3 Å². The van der Waals surface area contributed by atoms with Crippen LogP contribution in [0.5, 0.6) is 0 Å². The maximum Gasteiger partial charge on any atom is 0.145 e. The van der Waals surface area contributed by atoms with E-state index in [2.05, 4.69) is 88.0 Å². The minimum atomic E-state index is 0.798. The zero-order valence-corrected chi connectivity index (χ0v) is 22.2. The number of hydrogen-bond donors (Lipinski definition) is 1. The molecule has 35 heavy (non-hydrogen) atoms. The second-order valence-corrected chi connectivity index (χ2v) is 11.5. The monoisotopic (exact) mass is 506 g/mol. The molecule has 4 heterocycles. The van der Waals surface area contributed by atoms with Crippen LogP contribution in [0, 0.1) is 0 Å². The third-order valence-corrected chi connectivity index (χ3v) is 8.49. The lowest BCUT2D eigenvalue weighted by atomic mass is 10.2. The summed E-state index contributed by atoms with van der Waals surface area (Å²) in [7, 11) is 4.22. The molecule has 0 amide bonds. The van der Waals surface area contributed by atoms with E-state index in [-0.39, 0.29) is 0 Å². The number of piperazine rings is 1. The molecule has 8 heteroatoms. The average molecular weight is 507 g/mol. The molecule has 1 aromatic carbocycles. The lowest BCUT2D eigenvalue weighted by Crippen LogP contribution is -2.45. The molecule has 0 unspecified atom stereocenters. The molecule has 0 aliphatic carbocycles. The zero-order valence-electron chi connectivity index (χ0n) is 20.6. The standard InChI is InChI=1S/C27H34N6S2/c1-31(2)13-6-12-28-27-22-7-3-4-8-23(22)29-26(30-27)20-33-16-14-32(15-17-33)19-21-10-11-25(35-21)24-9-5-18-34-24/h3-5,7-11,18H,6,12-17,19-20H2,1-2H3,(H,28,29,30). The van der Waals surface area contributed by atoms with Crippen LogP contribution >= 0.6 is 22.7 Å². The summed E-state index contributed by atoms with van der Waals surface area (Å²) < 4.78 is 0. The molecular formula is C27H34N6S2. The Labute approximate surface area is 216 Å². The molecular weight excluding hydrogens is 472 g/mol. The second-order valence-electron chi connectivity index (χ2n) is 9.38. The molecule has 3 aromatic heterocycles. The summed E-state index contributed by atoms with van der Waals surface area (Å²) in [6, 6.07) is 17.2. The van der Waals surface area contributed by atoms with Gasteiger partial charge >= 0.3 is 0 Å². The molecule has 1 aliphatic heterocycles. The first-order chi connectivity index (χ1) is 17.1. The maximum absolute atomic E-state index is 4.94. The highest BCUT2D eigenvalue weighted by molar-refractivity contribution is 7.21. The molecule has 0 spiro atoms. The van der Waals surface area contributed by atoms with Crippen molar-refractivity contribution in [2.75, 3.05) is 58.7 Å². The summed E-state index contributed by atoms with van der Waals surface area (Å²) in [5, 5.41) is 6.82. The van der Waals surface area contributed by atoms with Crippen molar-refractivity contribution in [3.8, 4) is 9.75 Å². The van der Waals surface area contributed by atoms with Gasteiger partial charge in [0.25, 0.3) is 0 Å². The topological polar surface area (TPSA) is 47.5 Å². The van der Waals surface area contributed by atoms with E-state index in [1.165, 1.54) is 14.6 Å². The molecule has 6 nitrogen and oxygen atoms in total. The molecule has 1 fully saturated rings. The van der Waals surface area contributed by atoms with Gasteiger partial charge in [-0.05, 0) is 62.8 Å².